The number of hydrogen-bond donors (Lipinski definition) is 1. The van der Waals surface area contributed by atoms with Crippen LogP contribution >= 0.6 is 0 Å². The topological polar surface area (TPSA) is 62.3 Å². The first-order chi connectivity index (χ1) is 11.4. The maximum absolute atomic E-state index is 13.7. The summed E-state index contributed by atoms with van der Waals surface area (Å²) in [6, 6.07) is 6.64. The second kappa shape index (κ2) is 5.70. The first kappa shape index (κ1) is 16.1. The molecule has 2 heterocycles. The lowest BCUT2D eigenvalue weighted by molar-refractivity contribution is -0.122. The van der Waals surface area contributed by atoms with Crippen LogP contribution in [0.3, 0.4) is 0 Å². The highest BCUT2D eigenvalue weighted by Crippen LogP contribution is 2.42. The van der Waals surface area contributed by atoms with Crippen LogP contribution in [0.5, 0.6) is 0 Å². The molecule has 0 bridgehead atoms. The van der Waals surface area contributed by atoms with Crippen LogP contribution in [0, 0.1) is 5.82 Å². The second-order valence-corrected chi connectivity index (χ2v) is 6.22. The molecule has 2 amide bonds. The first-order valence-electron chi connectivity index (χ1n) is 7.73. The van der Waals surface area contributed by atoms with Crippen molar-refractivity contribution in [3.8, 4) is 0 Å². The van der Waals surface area contributed by atoms with Gasteiger partial charge in [0, 0.05) is 24.1 Å². The standard InChI is InChI=1S/C18H18FN3O2/c1-4-22-15-9-11(5-6-13(15)18(2,3)17(22)24)21-16(23)12-7-8-20-10-14(12)19/h5-10H,4H2,1-3H3,(H,21,23). The molecular formula is C18H18FN3O2. The van der Waals surface area contributed by atoms with Gasteiger partial charge in [-0.15, -0.1) is 0 Å². The molecule has 0 aliphatic carbocycles. The van der Waals surface area contributed by atoms with Gasteiger partial charge in [-0.3, -0.25) is 14.6 Å². The summed E-state index contributed by atoms with van der Waals surface area (Å²) in [6.07, 6.45) is 2.36. The number of rotatable bonds is 3. The summed E-state index contributed by atoms with van der Waals surface area (Å²) in [5, 5.41) is 2.67. The average Bonchev–Trinajstić information content (AvgIpc) is 2.74. The molecule has 0 saturated heterocycles. The molecule has 2 aromatic rings. The van der Waals surface area contributed by atoms with Crippen molar-refractivity contribution < 1.29 is 14.0 Å². The third-order valence-corrected chi connectivity index (χ3v) is 4.33. The fourth-order valence-corrected chi connectivity index (χ4v) is 2.99. The molecule has 0 spiro atoms. The SMILES string of the molecule is CCN1C(=O)C(C)(C)c2ccc(NC(=O)c3ccncc3F)cc21. The first-order valence-corrected chi connectivity index (χ1v) is 7.73. The number of aromatic nitrogens is 1. The van der Waals surface area contributed by atoms with E-state index in [1.165, 1.54) is 12.3 Å². The Morgan fingerprint density at radius 3 is 2.75 bits per heavy atom. The summed E-state index contributed by atoms with van der Waals surface area (Å²) in [4.78, 5) is 30.0. The molecule has 6 heteroatoms. The summed E-state index contributed by atoms with van der Waals surface area (Å²) < 4.78 is 13.7. The minimum atomic E-state index is -0.678. The van der Waals surface area contributed by atoms with Crippen LogP contribution < -0.4 is 10.2 Å². The van der Waals surface area contributed by atoms with Gasteiger partial charge in [-0.1, -0.05) is 6.07 Å². The molecule has 124 valence electrons. The van der Waals surface area contributed by atoms with Crippen LogP contribution in [0.25, 0.3) is 0 Å². The fraction of sp³-hybridized carbons (Fsp3) is 0.278. The van der Waals surface area contributed by atoms with E-state index in [-0.39, 0.29) is 11.5 Å². The van der Waals surface area contributed by atoms with E-state index in [9.17, 15) is 14.0 Å². The highest BCUT2D eigenvalue weighted by molar-refractivity contribution is 6.09. The molecule has 0 atom stereocenters. The number of hydrogen-bond acceptors (Lipinski definition) is 3. The minimum Gasteiger partial charge on any atom is -0.322 e. The van der Waals surface area contributed by atoms with Crippen LogP contribution in [0.4, 0.5) is 15.8 Å². The number of nitrogens with zero attached hydrogens (tertiary/aromatic N) is 2. The van der Waals surface area contributed by atoms with Crippen molar-refractivity contribution in [3.63, 3.8) is 0 Å². The smallest absolute Gasteiger partial charge is 0.258 e. The predicted octanol–water partition coefficient (Wildman–Crippen LogP) is 3.12. The Labute approximate surface area is 139 Å². The van der Waals surface area contributed by atoms with Crippen molar-refractivity contribution in [2.24, 2.45) is 0 Å². The number of halogens is 1. The van der Waals surface area contributed by atoms with Crippen molar-refractivity contribution >= 4 is 23.2 Å². The van der Waals surface area contributed by atoms with Crippen molar-refractivity contribution in [1.29, 1.82) is 0 Å². The van der Waals surface area contributed by atoms with Gasteiger partial charge < -0.3 is 10.2 Å². The number of anilines is 2. The zero-order chi connectivity index (χ0) is 17.5. The van der Waals surface area contributed by atoms with Gasteiger partial charge in [0.2, 0.25) is 5.91 Å². The number of carbonyl (C=O) groups excluding carboxylic acids is 2. The van der Waals surface area contributed by atoms with E-state index in [1.54, 1.807) is 17.0 Å². The van der Waals surface area contributed by atoms with E-state index in [1.807, 2.05) is 26.8 Å². The number of nitrogens with one attached hydrogen (secondary N) is 1. The maximum atomic E-state index is 13.7. The molecule has 0 fully saturated rings. The monoisotopic (exact) mass is 327 g/mol. The molecule has 1 aliphatic rings. The van der Waals surface area contributed by atoms with E-state index in [0.717, 1.165) is 17.4 Å². The summed E-state index contributed by atoms with van der Waals surface area (Å²) >= 11 is 0. The molecule has 1 N–H and O–H groups in total. The summed E-state index contributed by atoms with van der Waals surface area (Å²) in [6.45, 7) is 6.22. The van der Waals surface area contributed by atoms with Gasteiger partial charge in [0.1, 0.15) is 0 Å². The van der Waals surface area contributed by atoms with E-state index >= 15 is 0 Å². The van der Waals surface area contributed by atoms with Gasteiger partial charge in [0.25, 0.3) is 5.91 Å². The zero-order valence-corrected chi connectivity index (χ0v) is 13.8. The molecule has 0 unspecified atom stereocenters. The quantitative estimate of drug-likeness (QED) is 0.942. The molecule has 3 rings (SSSR count). The van der Waals surface area contributed by atoms with Gasteiger partial charge in [0.05, 0.1) is 17.2 Å². The van der Waals surface area contributed by atoms with Gasteiger partial charge in [0.15, 0.2) is 5.82 Å². The Kier molecular flexibility index (Phi) is 3.83. The number of likely N-dealkylation sites (N-methyl/N-ethyl adjacent to an activating group) is 1. The highest BCUT2D eigenvalue weighted by Gasteiger charge is 2.43. The normalized spacial score (nSPS) is 15.3. The number of amides is 2. The summed E-state index contributed by atoms with van der Waals surface area (Å²) in [5.74, 6) is -1.20. The number of benzene rings is 1. The third kappa shape index (κ3) is 2.44. The molecular weight excluding hydrogens is 309 g/mol. The second-order valence-electron chi connectivity index (χ2n) is 6.22. The summed E-state index contributed by atoms with van der Waals surface area (Å²) in [5.41, 5.74) is 1.54. The maximum Gasteiger partial charge on any atom is 0.258 e. The zero-order valence-electron chi connectivity index (χ0n) is 13.8. The minimum absolute atomic E-state index is 0.0312. The Bertz CT molecular complexity index is 833. The van der Waals surface area contributed by atoms with Crippen molar-refractivity contribution in [3.05, 3.63) is 53.6 Å². The molecule has 5 nitrogen and oxygen atoms in total. The molecule has 24 heavy (non-hydrogen) atoms. The Hall–Kier alpha value is -2.76. The van der Waals surface area contributed by atoms with Crippen molar-refractivity contribution in [2.75, 3.05) is 16.8 Å². The molecule has 1 aromatic carbocycles. The lowest BCUT2D eigenvalue weighted by atomic mass is 9.86. The van der Waals surface area contributed by atoms with Crippen LogP contribution in [-0.2, 0) is 10.2 Å². The Morgan fingerprint density at radius 1 is 1.33 bits per heavy atom. The van der Waals surface area contributed by atoms with Crippen LogP contribution in [-0.4, -0.2) is 23.3 Å². The van der Waals surface area contributed by atoms with E-state index in [4.69, 9.17) is 0 Å². The van der Waals surface area contributed by atoms with Crippen LogP contribution in [0.1, 0.15) is 36.7 Å². The number of pyridine rings is 1. The van der Waals surface area contributed by atoms with E-state index in [0.29, 0.717) is 12.2 Å². The van der Waals surface area contributed by atoms with Gasteiger partial charge in [-0.05, 0) is 44.5 Å². The Balaban J connectivity index is 1.93. The molecule has 0 saturated carbocycles. The average molecular weight is 327 g/mol. The number of carbonyl (C=O) groups is 2. The fourth-order valence-electron chi connectivity index (χ4n) is 2.99. The van der Waals surface area contributed by atoms with E-state index in [2.05, 4.69) is 10.3 Å². The van der Waals surface area contributed by atoms with Gasteiger partial charge >= 0.3 is 0 Å². The van der Waals surface area contributed by atoms with E-state index < -0.39 is 17.1 Å². The van der Waals surface area contributed by atoms with Crippen molar-refractivity contribution in [1.82, 2.24) is 4.98 Å². The largest absolute Gasteiger partial charge is 0.322 e. The Morgan fingerprint density at radius 2 is 2.08 bits per heavy atom. The van der Waals surface area contributed by atoms with Crippen molar-refractivity contribution in [2.45, 2.75) is 26.2 Å². The molecule has 0 radical (unpaired) electrons. The van der Waals surface area contributed by atoms with Crippen LogP contribution in [0.2, 0.25) is 0 Å². The lowest BCUT2D eigenvalue weighted by Crippen LogP contribution is -2.35. The van der Waals surface area contributed by atoms with Gasteiger partial charge in [-0.2, -0.15) is 0 Å². The third-order valence-electron chi connectivity index (χ3n) is 4.33. The molecule has 1 aliphatic heterocycles. The lowest BCUT2D eigenvalue weighted by Gasteiger charge is -2.18. The summed E-state index contributed by atoms with van der Waals surface area (Å²) in [7, 11) is 0. The van der Waals surface area contributed by atoms with Crippen LogP contribution in [0.15, 0.2) is 36.7 Å². The highest BCUT2D eigenvalue weighted by atomic mass is 19.1. The van der Waals surface area contributed by atoms with Gasteiger partial charge in [-0.25, -0.2) is 4.39 Å². The predicted molar refractivity (Wildman–Crippen MR) is 89.6 cm³/mol. The number of fused-ring (bicyclic) bond motifs is 1. The molecule has 1 aromatic heterocycles.